The third-order valence-corrected chi connectivity index (χ3v) is 2.73. The zero-order valence-corrected chi connectivity index (χ0v) is 8.91. The first-order valence-corrected chi connectivity index (χ1v) is 5.30. The first-order chi connectivity index (χ1) is 7.27. The number of likely N-dealkylation sites (tertiary alicyclic amines) is 1. The van der Waals surface area contributed by atoms with E-state index in [0.29, 0.717) is 19.0 Å². The molecule has 0 aliphatic carbocycles. The fourth-order valence-corrected chi connectivity index (χ4v) is 1.72. The summed E-state index contributed by atoms with van der Waals surface area (Å²) in [5.41, 5.74) is 0. The highest BCUT2D eigenvalue weighted by Crippen LogP contribution is 2.15. The summed E-state index contributed by atoms with van der Waals surface area (Å²) in [4.78, 5) is 13.4. The van der Waals surface area contributed by atoms with Crippen molar-refractivity contribution in [2.75, 3.05) is 32.8 Å². The van der Waals surface area contributed by atoms with Gasteiger partial charge in [0.1, 0.15) is 0 Å². The number of rotatable bonds is 4. The van der Waals surface area contributed by atoms with Gasteiger partial charge in [-0.05, 0) is 18.8 Å². The molecular weight excluding hydrogens is 192 g/mol. The van der Waals surface area contributed by atoms with Crippen molar-refractivity contribution in [1.82, 2.24) is 10.2 Å². The van der Waals surface area contributed by atoms with Crippen LogP contribution in [0, 0.1) is 18.3 Å². The van der Waals surface area contributed by atoms with Crippen molar-refractivity contribution in [3.8, 4) is 12.3 Å². The van der Waals surface area contributed by atoms with Gasteiger partial charge in [-0.3, -0.25) is 10.1 Å². The average molecular weight is 210 g/mol. The lowest BCUT2D eigenvalue weighted by molar-refractivity contribution is -0.131. The highest BCUT2D eigenvalue weighted by molar-refractivity contribution is 5.78. The maximum atomic E-state index is 11.6. The number of nitrogens with one attached hydrogen (secondary N) is 1. The molecule has 1 saturated heterocycles. The monoisotopic (exact) mass is 210 g/mol. The number of hydrogen-bond donors (Lipinski definition) is 2. The second kappa shape index (κ2) is 6.44. The number of carbonyl (C=O) groups is 1. The van der Waals surface area contributed by atoms with E-state index in [1.54, 1.807) is 0 Å². The van der Waals surface area contributed by atoms with Gasteiger partial charge in [-0.25, -0.2) is 0 Å². The molecule has 0 aromatic heterocycles. The van der Waals surface area contributed by atoms with Gasteiger partial charge < -0.3 is 10.0 Å². The number of hydrogen-bond acceptors (Lipinski definition) is 3. The molecule has 4 heteroatoms. The second-order valence-electron chi connectivity index (χ2n) is 3.81. The smallest absolute Gasteiger partial charge is 0.236 e. The van der Waals surface area contributed by atoms with Gasteiger partial charge in [-0.2, -0.15) is 0 Å². The minimum absolute atomic E-state index is 0.0987. The van der Waals surface area contributed by atoms with Crippen LogP contribution in [0.15, 0.2) is 0 Å². The molecule has 1 amide bonds. The molecule has 0 saturated carbocycles. The van der Waals surface area contributed by atoms with Gasteiger partial charge in [0, 0.05) is 19.7 Å². The van der Waals surface area contributed by atoms with Crippen molar-refractivity contribution in [2.45, 2.75) is 12.8 Å². The van der Waals surface area contributed by atoms with Gasteiger partial charge in [0.05, 0.1) is 13.1 Å². The summed E-state index contributed by atoms with van der Waals surface area (Å²) < 4.78 is 0. The second-order valence-corrected chi connectivity index (χ2v) is 3.81. The topological polar surface area (TPSA) is 52.6 Å². The van der Waals surface area contributed by atoms with Crippen LogP contribution in [-0.2, 0) is 4.79 Å². The van der Waals surface area contributed by atoms with Crippen molar-refractivity contribution < 1.29 is 9.90 Å². The van der Waals surface area contributed by atoms with Crippen LogP contribution in [0.3, 0.4) is 0 Å². The largest absolute Gasteiger partial charge is 0.396 e. The lowest BCUT2D eigenvalue weighted by atomic mass is 9.98. The van der Waals surface area contributed by atoms with Gasteiger partial charge in [-0.15, -0.1) is 6.42 Å². The molecule has 1 heterocycles. The average Bonchev–Trinajstić information content (AvgIpc) is 2.29. The zero-order valence-electron chi connectivity index (χ0n) is 8.91. The van der Waals surface area contributed by atoms with Gasteiger partial charge in [-0.1, -0.05) is 5.92 Å². The normalized spacial score (nSPS) is 17.5. The summed E-state index contributed by atoms with van der Waals surface area (Å²) in [7, 11) is 0. The molecule has 0 atom stereocenters. The van der Waals surface area contributed by atoms with E-state index < -0.39 is 0 Å². The molecule has 0 spiro atoms. The fourth-order valence-electron chi connectivity index (χ4n) is 1.72. The van der Waals surface area contributed by atoms with Crippen LogP contribution in [0.5, 0.6) is 0 Å². The van der Waals surface area contributed by atoms with E-state index >= 15 is 0 Å². The van der Waals surface area contributed by atoms with E-state index in [1.165, 1.54) is 0 Å². The molecule has 0 bridgehead atoms. The highest BCUT2D eigenvalue weighted by atomic mass is 16.3. The Morgan fingerprint density at radius 3 is 2.73 bits per heavy atom. The number of amides is 1. The maximum absolute atomic E-state index is 11.6. The van der Waals surface area contributed by atoms with Crippen molar-refractivity contribution >= 4 is 5.91 Å². The SMILES string of the molecule is C#CCNCC(=O)N1CCC(CO)CC1. The zero-order chi connectivity index (χ0) is 11.1. The van der Waals surface area contributed by atoms with E-state index in [0.717, 1.165) is 25.9 Å². The Kier molecular flexibility index (Phi) is 5.16. The third-order valence-electron chi connectivity index (χ3n) is 2.73. The Hall–Kier alpha value is -1.05. The maximum Gasteiger partial charge on any atom is 0.236 e. The number of carbonyl (C=O) groups excluding carboxylic acids is 1. The van der Waals surface area contributed by atoms with Crippen LogP contribution in [0.1, 0.15) is 12.8 Å². The Morgan fingerprint density at radius 1 is 1.53 bits per heavy atom. The summed E-state index contributed by atoms with van der Waals surface area (Å²) in [6, 6.07) is 0. The molecule has 84 valence electrons. The Bertz CT molecular complexity index is 239. The van der Waals surface area contributed by atoms with Crippen LogP contribution in [0.25, 0.3) is 0 Å². The van der Waals surface area contributed by atoms with Crippen LogP contribution >= 0.6 is 0 Å². The molecule has 1 aliphatic rings. The number of terminal acetylenes is 1. The van der Waals surface area contributed by atoms with Crippen molar-refractivity contribution in [3.63, 3.8) is 0 Å². The van der Waals surface area contributed by atoms with Crippen molar-refractivity contribution in [1.29, 1.82) is 0 Å². The minimum atomic E-state index is 0.0987. The quantitative estimate of drug-likeness (QED) is 0.483. The van der Waals surface area contributed by atoms with Gasteiger partial charge >= 0.3 is 0 Å². The van der Waals surface area contributed by atoms with Gasteiger partial charge in [0.2, 0.25) is 5.91 Å². The van der Waals surface area contributed by atoms with Crippen molar-refractivity contribution in [3.05, 3.63) is 0 Å². The molecule has 0 radical (unpaired) electrons. The predicted molar refractivity (Wildman–Crippen MR) is 58.1 cm³/mol. The molecule has 1 fully saturated rings. The van der Waals surface area contributed by atoms with Crippen LogP contribution in [0.4, 0.5) is 0 Å². The molecule has 0 aromatic carbocycles. The Morgan fingerprint density at radius 2 is 2.20 bits per heavy atom. The molecule has 2 N–H and O–H groups in total. The van der Waals surface area contributed by atoms with Crippen LogP contribution < -0.4 is 5.32 Å². The summed E-state index contributed by atoms with van der Waals surface area (Å²) in [5.74, 6) is 2.89. The first kappa shape index (κ1) is 12.0. The van der Waals surface area contributed by atoms with Crippen LogP contribution in [-0.4, -0.2) is 48.7 Å². The summed E-state index contributed by atoms with van der Waals surface area (Å²) in [6.45, 7) is 2.48. The molecule has 1 aliphatic heterocycles. The Labute approximate surface area is 90.6 Å². The lowest BCUT2D eigenvalue weighted by Gasteiger charge is -2.31. The van der Waals surface area contributed by atoms with Gasteiger partial charge in [0.15, 0.2) is 0 Å². The summed E-state index contributed by atoms with van der Waals surface area (Å²) >= 11 is 0. The highest BCUT2D eigenvalue weighted by Gasteiger charge is 2.21. The first-order valence-electron chi connectivity index (χ1n) is 5.30. The minimum Gasteiger partial charge on any atom is -0.396 e. The fraction of sp³-hybridized carbons (Fsp3) is 0.727. The van der Waals surface area contributed by atoms with Crippen molar-refractivity contribution in [2.24, 2.45) is 5.92 Å². The Balaban J connectivity index is 2.21. The molecule has 15 heavy (non-hydrogen) atoms. The summed E-state index contributed by atoms with van der Waals surface area (Å²) in [6.07, 6.45) is 6.86. The lowest BCUT2D eigenvalue weighted by Crippen LogP contribution is -2.43. The van der Waals surface area contributed by atoms with E-state index in [-0.39, 0.29) is 12.5 Å². The number of nitrogens with zero attached hydrogens (tertiary/aromatic N) is 1. The van der Waals surface area contributed by atoms with Gasteiger partial charge in [0.25, 0.3) is 0 Å². The summed E-state index contributed by atoms with van der Waals surface area (Å²) in [5, 5.41) is 11.8. The molecule has 4 nitrogen and oxygen atoms in total. The van der Waals surface area contributed by atoms with E-state index in [4.69, 9.17) is 11.5 Å². The molecule has 0 unspecified atom stereocenters. The van der Waals surface area contributed by atoms with E-state index in [1.807, 2.05) is 4.90 Å². The number of piperidine rings is 1. The predicted octanol–water partition coefficient (Wildman–Crippen LogP) is -0.560. The molecular formula is C11H18N2O2. The van der Waals surface area contributed by atoms with Crippen LogP contribution in [0.2, 0.25) is 0 Å². The molecule has 0 aromatic rings. The standard InChI is InChI=1S/C11H18N2O2/c1-2-5-12-8-11(15)13-6-3-10(9-14)4-7-13/h1,10,12,14H,3-9H2. The number of aliphatic hydroxyl groups is 1. The van der Waals surface area contributed by atoms with E-state index in [9.17, 15) is 4.79 Å². The molecule has 1 rings (SSSR count). The van der Waals surface area contributed by atoms with E-state index in [2.05, 4.69) is 11.2 Å². The number of aliphatic hydroxyl groups excluding tert-OH is 1. The third kappa shape index (κ3) is 3.90.